The van der Waals surface area contributed by atoms with Gasteiger partial charge in [0.25, 0.3) is 0 Å². The van der Waals surface area contributed by atoms with Crippen molar-refractivity contribution in [3.05, 3.63) is 22.7 Å². The van der Waals surface area contributed by atoms with Gasteiger partial charge in [-0.05, 0) is 51.2 Å². The van der Waals surface area contributed by atoms with E-state index in [2.05, 4.69) is 33.4 Å². The number of anilines is 2. The molecule has 2 aromatic rings. The average Bonchev–Trinajstić information content (AvgIpc) is 3.21. The van der Waals surface area contributed by atoms with Crippen molar-refractivity contribution in [1.82, 2.24) is 14.7 Å². The van der Waals surface area contributed by atoms with Crippen LogP contribution in [0, 0.1) is 19.8 Å². The first-order valence-corrected chi connectivity index (χ1v) is 8.39. The molecule has 4 rings (SSSR count). The molecule has 0 atom stereocenters. The molecule has 122 valence electrons. The van der Waals surface area contributed by atoms with Crippen LogP contribution in [-0.4, -0.2) is 27.8 Å². The molecule has 6 heteroatoms. The van der Waals surface area contributed by atoms with Gasteiger partial charge in [0, 0.05) is 25.2 Å². The van der Waals surface area contributed by atoms with Crippen LogP contribution in [0.5, 0.6) is 0 Å². The molecule has 0 amide bonds. The first kappa shape index (κ1) is 14.4. The molecule has 1 aliphatic carbocycles. The maximum Gasteiger partial charge on any atom is 0.205 e. The Balaban J connectivity index is 1.77. The maximum absolute atomic E-state index is 5.33. The Morgan fingerprint density at radius 1 is 1.39 bits per heavy atom. The lowest BCUT2D eigenvalue weighted by Gasteiger charge is -2.17. The first-order chi connectivity index (χ1) is 11.2. The summed E-state index contributed by atoms with van der Waals surface area (Å²) in [5, 5.41) is 10.9. The van der Waals surface area contributed by atoms with E-state index in [0.29, 0.717) is 0 Å². The van der Waals surface area contributed by atoms with Crippen molar-refractivity contribution in [1.29, 1.82) is 0 Å². The van der Waals surface area contributed by atoms with Crippen LogP contribution in [0.3, 0.4) is 0 Å². The molecule has 3 heterocycles. The van der Waals surface area contributed by atoms with E-state index in [-0.39, 0.29) is 0 Å². The summed E-state index contributed by atoms with van der Waals surface area (Å²) in [6, 6.07) is 0. The van der Waals surface area contributed by atoms with E-state index < -0.39 is 0 Å². The maximum atomic E-state index is 5.33. The second-order valence-corrected chi connectivity index (χ2v) is 6.48. The van der Waals surface area contributed by atoms with Crippen molar-refractivity contribution in [3.63, 3.8) is 0 Å². The number of hydrogen-bond donors (Lipinski definition) is 2. The van der Waals surface area contributed by atoms with Gasteiger partial charge in [0.05, 0.1) is 11.4 Å². The van der Waals surface area contributed by atoms with Crippen molar-refractivity contribution in [2.24, 2.45) is 5.92 Å². The molecule has 1 saturated carbocycles. The van der Waals surface area contributed by atoms with Gasteiger partial charge < -0.3 is 19.7 Å². The number of imidazole rings is 1. The average molecular weight is 313 g/mol. The standard InChI is InChI=1S/C17H23N5O/c1-4-18-17-20-16-14(22(17)9-12-5-6-12)7-13(8-19-16)15-10(2)21-23-11(15)3/h7,12,19H,4-6,8-9H2,1-3H3,(H,18,20). The van der Waals surface area contributed by atoms with Crippen molar-refractivity contribution in [2.75, 3.05) is 23.7 Å². The van der Waals surface area contributed by atoms with Crippen molar-refractivity contribution < 1.29 is 4.52 Å². The first-order valence-electron chi connectivity index (χ1n) is 8.39. The monoisotopic (exact) mass is 313 g/mol. The van der Waals surface area contributed by atoms with Crippen LogP contribution in [0.1, 0.15) is 42.5 Å². The van der Waals surface area contributed by atoms with Gasteiger partial charge >= 0.3 is 0 Å². The lowest BCUT2D eigenvalue weighted by molar-refractivity contribution is 0.393. The molecule has 2 aliphatic rings. The highest BCUT2D eigenvalue weighted by Crippen LogP contribution is 2.37. The van der Waals surface area contributed by atoms with Crippen LogP contribution in [-0.2, 0) is 6.54 Å². The summed E-state index contributed by atoms with van der Waals surface area (Å²) in [4.78, 5) is 4.74. The lowest BCUT2D eigenvalue weighted by atomic mass is 10.0. The minimum atomic E-state index is 0.752. The zero-order valence-electron chi connectivity index (χ0n) is 13.9. The Bertz CT molecular complexity index is 747. The largest absolute Gasteiger partial charge is 0.364 e. The molecule has 0 bridgehead atoms. The number of rotatable bonds is 5. The predicted octanol–water partition coefficient (Wildman–Crippen LogP) is 3.30. The van der Waals surface area contributed by atoms with Gasteiger partial charge in [0.15, 0.2) is 5.82 Å². The molecule has 0 unspecified atom stereocenters. The summed E-state index contributed by atoms with van der Waals surface area (Å²) in [6.45, 7) is 8.74. The summed E-state index contributed by atoms with van der Waals surface area (Å²) >= 11 is 0. The fourth-order valence-electron chi connectivity index (χ4n) is 3.28. The third-order valence-corrected chi connectivity index (χ3v) is 4.59. The molecule has 0 radical (unpaired) electrons. The van der Waals surface area contributed by atoms with Crippen molar-refractivity contribution in [3.8, 4) is 0 Å². The molecule has 0 aromatic carbocycles. The van der Waals surface area contributed by atoms with Gasteiger partial charge in [-0.25, -0.2) is 0 Å². The highest BCUT2D eigenvalue weighted by atomic mass is 16.5. The third-order valence-electron chi connectivity index (χ3n) is 4.59. The molecule has 0 spiro atoms. The summed E-state index contributed by atoms with van der Waals surface area (Å²) in [5.74, 6) is 3.60. The fourth-order valence-corrected chi connectivity index (χ4v) is 3.28. The minimum Gasteiger partial charge on any atom is -0.364 e. The van der Waals surface area contributed by atoms with Gasteiger partial charge in [-0.15, -0.1) is 0 Å². The Labute approximate surface area is 136 Å². The summed E-state index contributed by atoms with van der Waals surface area (Å²) in [6.07, 6.45) is 4.90. The quantitative estimate of drug-likeness (QED) is 0.886. The summed E-state index contributed by atoms with van der Waals surface area (Å²) in [5.41, 5.74) is 4.44. The zero-order valence-corrected chi connectivity index (χ0v) is 13.9. The van der Waals surface area contributed by atoms with E-state index in [9.17, 15) is 0 Å². The Morgan fingerprint density at radius 2 is 2.22 bits per heavy atom. The van der Waals surface area contributed by atoms with Crippen LogP contribution >= 0.6 is 0 Å². The Hall–Kier alpha value is -2.24. The Kier molecular flexibility index (Phi) is 3.39. The van der Waals surface area contributed by atoms with Crippen molar-refractivity contribution >= 4 is 23.4 Å². The van der Waals surface area contributed by atoms with Crippen LogP contribution in [0.4, 0.5) is 11.8 Å². The van der Waals surface area contributed by atoms with Crippen LogP contribution in [0.25, 0.3) is 11.6 Å². The number of hydrogen-bond acceptors (Lipinski definition) is 5. The number of fused-ring (bicyclic) bond motifs is 1. The highest BCUT2D eigenvalue weighted by Gasteiger charge is 2.28. The SMILES string of the molecule is CCNc1nc2c(n1CC1CC1)C=C(c1c(C)noc1C)CN2. The molecular formula is C17H23N5O. The van der Waals surface area contributed by atoms with E-state index in [0.717, 1.165) is 60.0 Å². The van der Waals surface area contributed by atoms with E-state index in [1.165, 1.54) is 18.4 Å². The predicted molar refractivity (Wildman–Crippen MR) is 91.5 cm³/mol. The smallest absolute Gasteiger partial charge is 0.205 e. The molecule has 6 nitrogen and oxygen atoms in total. The number of aryl methyl sites for hydroxylation is 2. The number of nitrogens with one attached hydrogen (secondary N) is 2. The van der Waals surface area contributed by atoms with Gasteiger partial charge in [0.1, 0.15) is 5.76 Å². The van der Waals surface area contributed by atoms with Crippen molar-refractivity contribution in [2.45, 2.75) is 40.2 Å². The van der Waals surface area contributed by atoms with E-state index in [4.69, 9.17) is 9.51 Å². The molecule has 23 heavy (non-hydrogen) atoms. The van der Waals surface area contributed by atoms with Gasteiger partial charge in [0.2, 0.25) is 5.95 Å². The van der Waals surface area contributed by atoms with Gasteiger partial charge in [-0.1, -0.05) is 5.16 Å². The van der Waals surface area contributed by atoms with E-state index in [1.54, 1.807) is 0 Å². The molecular weight excluding hydrogens is 290 g/mol. The molecule has 1 fully saturated rings. The fraction of sp³-hybridized carbons (Fsp3) is 0.529. The molecule has 1 aliphatic heterocycles. The molecule has 2 N–H and O–H groups in total. The highest BCUT2D eigenvalue weighted by molar-refractivity contribution is 5.90. The van der Waals surface area contributed by atoms with E-state index >= 15 is 0 Å². The third kappa shape index (κ3) is 2.52. The topological polar surface area (TPSA) is 67.9 Å². The van der Waals surface area contributed by atoms with Gasteiger partial charge in [-0.2, -0.15) is 4.98 Å². The number of aromatic nitrogens is 3. The second kappa shape index (κ2) is 5.44. The van der Waals surface area contributed by atoms with Crippen LogP contribution < -0.4 is 10.6 Å². The molecule has 0 saturated heterocycles. The summed E-state index contributed by atoms with van der Waals surface area (Å²) in [7, 11) is 0. The lowest BCUT2D eigenvalue weighted by Crippen LogP contribution is -2.13. The van der Waals surface area contributed by atoms with Crippen LogP contribution in [0.15, 0.2) is 4.52 Å². The molecule has 2 aromatic heterocycles. The number of nitrogens with zero attached hydrogens (tertiary/aromatic N) is 3. The second-order valence-electron chi connectivity index (χ2n) is 6.48. The normalized spacial score (nSPS) is 16.7. The van der Waals surface area contributed by atoms with Crippen LogP contribution in [0.2, 0.25) is 0 Å². The Morgan fingerprint density at radius 3 is 2.87 bits per heavy atom. The van der Waals surface area contributed by atoms with Gasteiger partial charge in [-0.3, -0.25) is 0 Å². The zero-order chi connectivity index (χ0) is 16.0. The summed E-state index contributed by atoms with van der Waals surface area (Å²) < 4.78 is 7.65. The van der Waals surface area contributed by atoms with E-state index in [1.807, 2.05) is 13.8 Å². The minimum absolute atomic E-state index is 0.752.